The number of benzene rings is 2. The van der Waals surface area contributed by atoms with E-state index in [1.54, 1.807) is 18.2 Å². The van der Waals surface area contributed by atoms with E-state index in [0.29, 0.717) is 19.5 Å². The predicted octanol–water partition coefficient (Wildman–Crippen LogP) is 3.72. The van der Waals surface area contributed by atoms with Gasteiger partial charge in [0.25, 0.3) is 0 Å². The topological polar surface area (TPSA) is 46.6 Å². The Kier molecular flexibility index (Phi) is 6.01. The number of hydrogen-bond acceptors (Lipinski definition) is 3. The van der Waals surface area contributed by atoms with E-state index in [4.69, 9.17) is 0 Å². The molecule has 0 N–H and O–H groups in total. The largest absolute Gasteiger partial charge is 0.465 e. The highest BCUT2D eigenvalue weighted by Crippen LogP contribution is 2.23. The van der Waals surface area contributed by atoms with Gasteiger partial charge in [-0.1, -0.05) is 36.4 Å². The summed E-state index contributed by atoms with van der Waals surface area (Å²) in [5.74, 6) is -0.978. The van der Waals surface area contributed by atoms with E-state index in [0.717, 1.165) is 17.5 Å². The number of ether oxygens (including phenoxy) is 1. The molecule has 1 aliphatic heterocycles. The molecule has 0 saturated carbocycles. The number of carbonyl (C=O) groups is 2. The lowest BCUT2D eigenvalue weighted by Crippen LogP contribution is -2.27. The fourth-order valence-corrected chi connectivity index (χ4v) is 3.34. The van der Waals surface area contributed by atoms with Crippen LogP contribution >= 0.6 is 0 Å². The van der Waals surface area contributed by atoms with Crippen LogP contribution in [0.25, 0.3) is 6.08 Å². The van der Waals surface area contributed by atoms with Gasteiger partial charge in [-0.2, -0.15) is 0 Å². The molecule has 27 heavy (non-hydrogen) atoms. The van der Waals surface area contributed by atoms with Gasteiger partial charge in [0.1, 0.15) is 5.82 Å². The lowest BCUT2D eigenvalue weighted by Gasteiger charge is -2.15. The molecule has 2 aromatic rings. The SMILES string of the molecule is COC(=O)c1cc(CC2CCN(C(=O)C=Cc3ccccc3)C2)ccc1F. The Hall–Kier alpha value is -2.95. The van der Waals surface area contributed by atoms with Crippen LogP contribution in [0.5, 0.6) is 0 Å². The second-order valence-corrected chi connectivity index (χ2v) is 6.69. The number of likely N-dealkylation sites (tertiary alicyclic amines) is 1. The summed E-state index contributed by atoms with van der Waals surface area (Å²) in [5, 5.41) is 0. The third-order valence-corrected chi connectivity index (χ3v) is 4.78. The van der Waals surface area contributed by atoms with Gasteiger partial charge in [-0.3, -0.25) is 4.79 Å². The van der Waals surface area contributed by atoms with Crippen molar-refractivity contribution in [1.29, 1.82) is 0 Å². The predicted molar refractivity (Wildman–Crippen MR) is 102 cm³/mol. The quantitative estimate of drug-likeness (QED) is 0.598. The lowest BCUT2D eigenvalue weighted by atomic mass is 9.97. The molecule has 3 rings (SSSR count). The molecule has 0 aliphatic carbocycles. The van der Waals surface area contributed by atoms with Crippen LogP contribution in [-0.2, 0) is 16.0 Å². The molecule has 1 amide bonds. The van der Waals surface area contributed by atoms with E-state index in [9.17, 15) is 14.0 Å². The zero-order chi connectivity index (χ0) is 19.2. The van der Waals surface area contributed by atoms with Crippen molar-refractivity contribution in [3.63, 3.8) is 0 Å². The summed E-state index contributed by atoms with van der Waals surface area (Å²) in [6.07, 6.45) is 5.00. The van der Waals surface area contributed by atoms with Gasteiger partial charge < -0.3 is 9.64 Å². The van der Waals surface area contributed by atoms with Crippen molar-refractivity contribution in [1.82, 2.24) is 4.90 Å². The zero-order valence-corrected chi connectivity index (χ0v) is 15.2. The van der Waals surface area contributed by atoms with E-state index < -0.39 is 11.8 Å². The molecule has 0 spiro atoms. The molecule has 1 fully saturated rings. The highest BCUT2D eigenvalue weighted by molar-refractivity contribution is 5.92. The molecule has 1 unspecified atom stereocenters. The number of halogens is 1. The van der Waals surface area contributed by atoms with Gasteiger partial charge in [-0.25, -0.2) is 9.18 Å². The van der Waals surface area contributed by atoms with Crippen LogP contribution in [0.3, 0.4) is 0 Å². The van der Waals surface area contributed by atoms with Crippen molar-refractivity contribution in [3.8, 4) is 0 Å². The Morgan fingerprint density at radius 2 is 2.00 bits per heavy atom. The Bertz CT molecular complexity index is 848. The van der Waals surface area contributed by atoms with Crippen molar-refractivity contribution >= 4 is 18.0 Å². The van der Waals surface area contributed by atoms with Crippen LogP contribution < -0.4 is 0 Å². The van der Waals surface area contributed by atoms with Gasteiger partial charge in [0.2, 0.25) is 5.91 Å². The van der Waals surface area contributed by atoms with E-state index in [2.05, 4.69) is 4.74 Å². The summed E-state index contributed by atoms with van der Waals surface area (Å²) < 4.78 is 18.4. The first-order valence-electron chi connectivity index (χ1n) is 8.95. The van der Waals surface area contributed by atoms with Gasteiger partial charge in [-0.05, 0) is 48.1 Å². The molecule has 1 saturated heterocycles. The van der Waals surface area contributed by atoms with Crippen LogP contribution in [0.1, 0.15) is 27.9 Å². The van der Waals surface area contributed by atoms with Gasteiger partial charge in [0, 0.05) is 19.2 Å². The maximum absolute atomic E-state index is 13.8. The molecule has 1 atom stereocenters. The molecule has 5 heteroatoms. The van der Waals surface area contributed by atoms with Crippen molar-refractivity contribution in [2.45, 2.75) is 12.8 Å². The molecule has 0 aromatic heterocycles. The Balaban J connectivity index is 1.59. The van der Waals surface area contributed by atoms with Crippen LogP contribution in [0.15, 0.2) is 54.6 Å². The first kappa shape index (κ1) is 18.8. The second-order valence-electron chi connectivity index (χ2n) is 6.69. The number of esters is 1. The summed E-state index contributed by atoms with van der Waals surface area (Å²) in [5.41, 5.74) is 1.81. The summed E-state index contributed by atoms with van der Waals surface area (Å²) in [4.78, 5) is 25.8. The molecule has 1 aliphatic rings. The lowest BCUT2D eigenvalue weighted by molar-refractivity contribution is -0.125. The van der Waals surface area contributed by atoms with Crippen molar-refractivity contribution in [3.05, 3.63) is 77.1 Å². The standard InChI is InChI=1S/C22H22FNO3/c1-27-22(26)19-14-17(7-9-20(19)23)13-18-11-12-24(15-18)21(25)10-8-16-5-3-2-4-6-16/h2-10,14,18H,11-13,15H2,1H3. The minimum Gasteiger partial charge on any atom is -0.465 e. The minimum atomic E-state index is -0.677. The van der Waals surface area contributed by atoms with Crippen LogP contribution in [0, 0.1) is 11.7 Å². The summed E-state index contributed by atoms with van der Waals surface area (Å²) in [7, 11) is 1.23. The van der Waals surface area contributed by atoms with E-state index in [1.165, 1.54) is 13.2 Å². The monoisotopic (exact) mass is 367 g/mol. The van der Waals surface area contributed by atoms with Gasteiger partial charge in [0.05, 0.1) is 12.7 Å². The van der Waals surface area contributed by atoms with Gasteiger partial charge in [-0.15, -0.1) is 0 Å². The highest BCUT2D eigenvalue weighted by Gasteiger charge is 2.25. The van der Waals surface area contributed by atoms with Crippen LogP contribution in [-0.4, -0.2) is 37.0 Å². The van der Waals surface area contributed by atoms with E-state index in [1.807, 2.05) is 41.3 Å². The van der Waals surface area contributed by atoms with Crippen molar-refractivity contribution < 1.29 is 18.7 Å². The molecular formula is C22H22FNO3. The Labute approximate surface area is 158 Å². The van der Waals surface area contributed by atoms with Gasteiger partial charge in [0.15, 0.2) is 0 Å². The minimum absolute atomic E-state index is 0.00397. The fourth-order valence-electron chi connectivity index (χ4n) is 3.34. The zero-order valence-electron chi connectivity index (χ0n) is 15.2. The molecule has 0 bridgehead atoms. The number of amides is 1. The Morgan fingerprint density at radius 3 is 2.74 bits per heavy atom. The fraction of sp³-hybridized carbons (Fsp3) is 0.273. The average molecular weight is 367 g/mol. The molecule has 0 radical (unpaired) electrons. The summed E-state index contributed by atoms with van der Waals surface area (Å²) in [6.45, 7) is 1.36. The third kappa shape index (κ3) is 4.82. The molecule has 140 valence electrons. The van der Waals surface area contributed by atoms with E-state index in [-0.39, 0.29) is 17.4 Å². The number of rotatable bonds is 5. The van der Waals surface area contributed by atoms with Crippen LogP contribution in [0.4, 0.5) is 4.39 Å². The van der Waals surface area contributed by atoms with E-state index >= 15 is 0 Å². The van der Waals surface area contributed by atoms with Crippen LogP contribution in [0.2, 0.25) is 0 Å². The van der Waals surface area contributed by atoms with Gasteiger partial charge >= 0.3 is 5.97 Å². The maximum Gasteiger partial charge on any atom is 0.340 e. The first-order valence-corrected chi connectivity index (χ1v) is 8.95. The normalized spacial score (nSPS) is 16.7. The smallest absolute Gasteiger partial charge is 0.340 e. The average Bonchev–Trinajstić information content (AvgIpc) is 3.16. The molecule has 1 heterocycles. The highest BCUT2D eigenvalue weighted by atomic mass is 19.1. The first-order chi connectivity index (χ1) is 13.1. The molecule has 4 nitrogen and oxygen atoms in total. The second kappa shape index (κ2) is 8.62. The number of carbonyl (C=O) groups excluding carboxylic acids is 2. The summed E-state index contributed by atoms with van der Waals surface area (Å²) >= 11 is 0. The molecular weight excluding hydrogens is 345 g/mol. The summed E-state index contributed by atoms with van der Waals surface area (Å²) in [6, 6.07) is 14.2. The number of nitrogens with zero attached hydrogens (tertiary/aromatic N) is 1. The Morgan fingerprint density at radius 1 is 1.22 bits per heavy atom. The van der Waals surface area contributed by atoms with Crippen molar-refractivity contribution in [2.24, 2.45) is 5.92 Å². The van der Waals surface area contributed by atoms with Crippen molar-refractivity contribution in [2.75, 3.05) is 20.2 Å². The number of hydrogen-bond donors (Lipinski definition) is 0. The molecule has 2 aromatic carbocycles. The third-order valence-electron chi connectivity index (χ3n) is 4.78. The maximum atomic E-state index is 13.8. The number of methoxy groups -OCH3 is 1.